The normalized spacial score (nSPS) is 17.1. The molecule has 0 bridgehead atoms. The summed E-state index contributed by atoms with van der Waals surface area (Å²) in [5.41, 5.74) is 4.45. The van der Waals surface area contributed by atoms with E-state index in [1.807, 2.05) is 52.0 Å². The Morgan fingerprint density at radius 2 is 1.59 bits per heavy atom. The molecule has 1 amide bonds. The van der Waals surface area contributed by atoms with E-state index in [2.05, 4.69) is 29.6 Å². The third-order valence-corrected chi connectivity index (χ3v) is 8.16. The van der Waals surface area contributed by atoms with Crippen LogP contribution >= 0.6 is 0 Å². The van der Waals surface area contributed by atoms with Gasteiger partial charge in [0.05, 0.1) is 18.3 Å². The second-order valence-corrected chi connectivity index (χ2v) is 11.3. The fraction of sp³-hybridized carbons (Fsp3) is 0.312. The van der Waals surface area contributed by atoms with Gasteiger partial charge in [0, 0.05) is 23.6 Å². The van der Waals surface area contributed by atoms with Crippen LogP contribution in [0.25, 0.3) is 17.2 Å². The zero-order chi connectivity index (χ0) is 29.4. The molecule has 0 aromatic heterocycles. The van der Waals surface area contributed by atoms with E-state index in [1.165, 1.54) is 19.2 Å². The van der Waals surface area contributed by atoms with Crippen molar-refractivity contribution in [2.75, 3.05) is 20.3 Å². The van der Waals surface area contributed by atoms with Crippen LogP contribution in [0.5, 0.6) is 11.5 Å². The number of benzene rings is 3. The number of aldehydes is 1. The van der Waals surface area contributed by atoms with Gasteiger partial charge in [0.15, 0.2) is 11.5 Å². The molecule has 9 heteroatoms. The Morgan fingerprint density at radius 3 is 2.15 bits per heavy atom. The molecule has 0 atom stereocenters. The number of phenols is 1. The van der Waals surface area contributed by atoms with Crippen LogP contribution in [-0.4, -0.2) is 56.1 Å². The highest BCUT2D eigenvalue weighted by Gasteiger charge is 2.52. The third kappa shape index (κ3) is 5.47. The zero-order valence-electron chi connectivity index (χ0n) is 23.9. The number of hydrogen-bond donors (Lipinski definition) is 2. The molecule has 3 aromatic carbocycles. The molecule has 1 aliphatic carbocycles. The molecule has 3 aromatic rings. The van der Waals surface area contributed by atoms with Crippen molar-refractivity contribution in [3.05, 3.63) is 88.4 Å². The summed E-state index contributed by atoms with van der Waals surface area (Å²) in [6, 6.07) is 19.3. The lowest BCUT2D eigenvalue weighted by molar-refractivity contribution is 0.00578. The molecule has 8 nitrogen and oxygen atoms in total. The van der Waals surface area contributed by atoms with Gasteiger partial charge in [0.1, 0.15) is 12.9 Å². The first kappa shape index (κ1) is 28.5. The highest BCUT2D eigenvalue weighted by atomic mass is 16.7. The Bertz CT molecular complexity index is 1450. The van der Waals surface area contributed by atoms with Crippen LogP contribution in [0.4, 0.5) is 4.79 Å². The first-order valence-electron chi connectivity index (χ1n) is 13.6. The Labute approximate surface area is 240 Å². The average Bonchev–Trinajstić information content (AvgIpc) is 3.39. The lowest BCUT2D eigenvalue weighted by Crippen LogP contribution is -2.41. The van der Waals surface area contributed by atoms with Gasteiger partial charge in [-0.15, -0.1) is 0 Å². The lowest BCUT2D eigenvalue weighted by Gasteiger charge is -2.32. The molecule has 41 heavy (non-hydrogen) atoms. The van der Waals surface area contributed by atoms with Gasteiger partial charge in [-0.1, -0.05) is 54.6 Å². The highest BCUT2D eigenvalue weighted by Crippen LogP contribution is 2.44. The number of hydrogen-bond acceptors (Lipinski definition) is 7. The van der Waals surface area contributed by atoms with Crippen LogP contribution < -0.4 is 10.1 Å². The second kappa shape index (κ2) is 11.1. The van der Waals surface area contributed by atoms with Crippen molar-refractivity contribution >= 4 is 25.6 Å². The average molecular weight is 555 g/mol. The zero-order valence-corrected chi connectivity index (χ0v) is 23.9. The monoisotopic (exact) mass is 555 g/mol. The summed E-state index contributed by atoms with van der Waals surface area (Å²) in [7, 11) is 0.587. The van der Waals surface area contributed by atoms with Crippen LogP contribution in [0.2, 0.25) is 0 Å². The van der Waals surface area contributed by atoms with E-state index in [0.717, 1.165) is 22.3 Å². The first-order valence-corrected chi connectivity index (χ1v) is 13.6. The van der Waals surface area contributed by atoms with Crippen LogP contribution in [0.15, 0.2) is 66.1 Å². The maximum absolute atomic E-state index is 13.0. The van der Waals surface area contributed by atoms with Gasteiger partial charge < -0.3 is 29.2 Å². The summed E-state index contributed by atoms with van der Waals surface area (Å²) >= 11 is 0. The molecule has 1 aliphatic heterocycles. The number of carbonyl (C=O) groups excluding carboxylic acids is 2. The predicted octanol–water partition coefficient (Wildman–Crippen LogP) is 5.77. The maximum atomic E-state index is 13.0. The molecule has 0 radical (unpaired) electrons. The second-order valence-electron chi connectivity index (χ2n) is 11.3. The number of aromatic hydroxyl groups is 1. The lowest BCUT2D eigenvalue weighted by atomic mass is 9.76. The Balaban J connectivity index is 1.36. The van der Waals surface area contributed by atoms with Crippen molar-refractivity contribution in [2.45, 2.75) is 44.8 Å². The minimum atomic E-state index is -0.820. The SMILES string of the molecule is COc1cc(C=O)cc(C=C(CNC(=O)OCC2c3ccccc3-c3ccccc32)B2OC(C)(C)C(C)(C)O2)c1O. The van der Waals surface area contributed by atoms with Gasteiger partial charge in [-0.3, -0.25) is 4.79 Å². The number of phenolic OH excluding ortho intramolecular Hbond substituents is 1. The molecule has 2 aliphatic rings. The quantitative estimate of drug-likeness (QED) is 0.269. The smallest absolute Gasteiger partial charge is 0.492 e. The van der Waals surface area contributed by atoms with Crippen LogP contribution in [0.1, 0.15) is 60.7 Å². The summed E-state index contributed by atoms with van der Waals surface area (Å²) in [6.07, 6.45) is 1.71. The van der Waals surface area contributed by atoms with Crippen molar-refractivity contribution in [3.8, 4) is 22.6 Å². The van der Waals surface area contributed by atoms with E-state index < -0.39 is 24.4 Å². The minimum Gasteiger partial charge on any atom is -0.504 e. The number of rotatable bonds is 8. The van der Waals surface area contributed by atoms with E-state index in [4.69, 9.17) is 18.8 Å². The maximum Gasteiger partial charge on any atom is 0.492 e. The van der Waals surface area contributed by atoms with Crippen molar-refractivity contribution in [1.29, 1.82) is 0 Å². The van der Waals surface area contributed by atoms with E-state index in [1.54, 1.807) is 6.08 Å². The number of alkyl carbamates (subject to hydrolysis) is 1. The molecule has 1 fully saturated rings. The van der Waals surface area contributed by atoms with Crippen molar-refractivity contribution in [2.24, 2.45) is 0 Å². The van der Waals surface area contributed by atoms with Gasteiger partial charge in [-0.05, 0) is 67.6 Å². The fourth-order valence-electron chi connectivity index (χ4n) is 5.21. The summed E-state index contributed by atoms with van der Waals surface area (Å²) in [6.45, 7) is 7.90. The highest BCUT2D eigenvalue weighted by molar-refractivity contribution is 6.56. The van der Waals surface area contributed by atoms with E-state index >= 15 is 0 Å². The summed E-state index contributed by atoms with van der Waals surface area (Å²) in [4.78, 5) is 24.5. The van der Waals surface area contributed by atoms with Gasteiger partial charge in [0.25, 0.3) is 0 Å². The summed E-state index contributed by atoms with van der Waals surface area (Å²) < 4.78 is 23.4. The van der Waals surface area contributed by atoms with Crippen LogP contribution in [-0.2, 0) is 14.0 Å². The minimum absolute atomic E-state index is 0.0145. The number of fused-ring (bicyclic) bond motifs is 3. The first-order chi connectivity index (χ1) is 19.5. The number of methoxy groups -OCH3 is 1. The molecule has 2 N–H and O–H groups in total. The molecule has 5 rings (SSSR count). The molecule has 1 saturated heterocycles. The molecule has 212 valence electrons. The Kier molecular flexibility index (Phi) is 7.68. The topological polar surface area (TPSA) is 103 Å². The number of amides is 1. The van der Waals surface area contributed by atoms with Gasteiger partial charge in [-0.25, -0.2) is 4.79 Å². The summed E-state index contributed by atoms with van der Waals surface area (Å²) in [5.74, 6) is -0.0615. The van der Waals surface area contributed by atoms with E-state index in [9.17, 15) is 14.7 Å². The molecule has 0 unspecified atom stereocenters. The Hall–Kier alpha value is -4.08. The van der Waals surface area contributed by atoms with Crippen LogP contribution in [0, 0.1) is 0 Å². The standard InChI is InChI=1S/C32H34BNO7/c1-31(2)32(3,4)41-33(40-31)22(16-21-14-20(18-35)15-28(38-5)29(21)36)17-34-30(37)39-19-27-25-12-8-6-10-23(25)24-11-7-9-13-26(24)27/h6-16,18,27,36H,17,19H2,1-5H3,(H,34,37). The third-order valence-electron chi connectivity index (χ3n) is 8.16. The van der Waals surface area contributed by atoms with Crippen LogP contribution in [0.3, 0.4) is 0 Å². The molecular weight excluding hydrogens is 521 g/mol. The van der Waals surface area contributed by atoms with E-state index in [-0.39, 0.29) is 30.6 Å². The molecule has 0 spiro atoms. The Morgan fingerprint density at radius 1 is 1.00 bits per heavy atom. The predicted molar refractivity (Wildman–Crippen MR) is 157 cm³/mol. The number of nitrogens with one attached hydrogen (secondary N) is 1. The number of carbonyl (C=O) groups is 2. The van der Waals surface area contributed by atoms with E-state index in [0.29, 0.717) is 22.9 Å². The van der Waals surface area contributed by atoms with Crippen molar-refractivity contribution < 1.29 is 33.5 Å². The van der Waals surface area contributed by atoms with Crippen molar-refractivity contribution in [1.82, 2.24) is 5.32 Å². The van der Waals surface area contributed by atoms with Gasteiger partial charge >= 0.3 is 13.2 Å². The van der Waals surface area contributed by atoms with Gasteiger partial charge in [-0.2, -0.15) is 0 Å². The molecule has 1 heterocycles. The fourth-order valence-corrected chi connectivity index (χ4v) is 5.21. The molecule has 0 saturated carbocycles. The molecular formula is C32H34BNO7. The van der Waals surface area contributed by atoms with Crippen molar-refractivity contribution in [3.63, 3.8) is 0 Å². The summed E-state index contributed by atoms with van der Waals surface area (Å²) in [5, 5.41) is 13.6. The largest absolute Gasteiger partial charge is 0.504 e. The van der Waals surface area contributed by atoms with Gasteiger partial charge in [0.2, 0.25) is 0 Å². The number of ether oxygens (including phenoxy) is 2.